The van der Waals surface area contributed by atoms with Crippen LogP contribution >= 0.6 is 11.3 Å². The second-order valence-corrected chi connectivity index (χ2v) is 9.32. The van der Waals surface area contributed by atoms with Gasteiger partial charge in [-0.05, 0) is 43.0 Å². The molecule has 0 spiro atoms. The molecular weight excluding hydrogens is 416 g/mol. The van der Waals surface area contributed by atoms with Crippen molar-refractivity contribution in [2.24, 2.45) is 0 Å². The molecule has 0 amide bonds. The highest BCUT2D eigenvalue weighted by Crippen LogP contribution is 2.31. The van der Waals surface area contributed by atoms with Crippen molar-refractivity contribution in [3.05, 3.63) is 116 Å². The number of hydrogen-bond donors (Lipinski definition) is 0. The zero-order valence-corrected chi connectivity index (χ0v) is 19.0. The molecule has 0 saturated heterocycles. The molecule has 0 saturated carbocycles. The molecule has 0 fully saturated rings. The van der Waals surface area contributed by atoms with E-state index in [4.69, 9.17) is 0 Å². The van der Waals surface area contributed by atoms with Crippen molar-refractivity contribution in [2.45, 2.75) is 33.4 Å². The zero-order valence-electron chi connectivity index (χ0n) is 18.2. The molecule has 3 aromatic carbocycles. The van der Waals surface area contributed by atoms with Gasteiger partial charge < -0.3 is 0 Å². The third kappa shape index (κ3) is 3.59. The standard InChI is InChI=1S/C27H24N2O2S/c1-18-12-13-19(2)21(16-18)17-29-24-22-10-6-7-11-23(22)32-25(24)26(30)28(27(29)31)15-14-20-8-4-3-5-9-20/h3-13,16H,14-15,17H2,1-2H3. The number of benzene rings is 3. The summed E-state index contributed by atoms with van der Waals surface area (Å²) in [6.45, 7) is 4.92. The molecule has 0 unspecified atom stereocenters. The third-order valence-corrected chi connectivity index (χ3v) is 7.19. The first-order valence-corrected chi connectivity index (χ1v) is 11.6. The van der Waals surface area contributed by atoms with E-state index in [0.717, 1.165) is 37.9 Å². The van der Waals surface area contributed by atoms with E-state index in [0.29, 0.717) is 24.2 Å². The Labute approximate surface area is 190 Å². The van der Waals surface area contributed by atoms with Gasteiger partial charge >= 0.3 is 5.69 Å². The first-order valence-electron chi connectivity index (χ1n) is 10.8. The summed E-state index contributed by atoms with van der Waals surface area (Å²) in [6.07, 6.45) is 0.635. The largest absolute Gasteiger partial charge is 0.331 e. The van der Waals surface area contributed by atoms with Crippen LogP contribution in [0.5, 0.6) is 0 Å². The molecule has 0 aliphatic heterocycles. The average Bonchev–Trinajstić information content (AvgIpc) is 3.19. The Morgan fingerprint density at radius 3 is 2.41 bits per heavy atom. The maximum absolute atomic E-state index is 13.7. The summed E-state index contributed by atoms with van der Waals surface area (Å²) in [6, 6.07) is 24.2. The summed E-state index contributed by atoms with van der Waals surface area (Å²) in [5, 5.41) is 0.960. The van der Waals surface area contributed by atoms with Crippen molar-refractivity contribution in [2.75, 3.05) is 0 Å². The topological polar surface area (TPSA) is 44.0 Å². The van der Waals surface area contributed by atoms with Crippen LogP contribution in [-0.2, 0) is 19.5 Å². The van der Waals surface area contributed by atoms with Crippen LogP contribution in [0.2, 0.25) is 0 Å². The summed E-state index contributed by atoms with van der Waals surface area (Å²) < 4.78 is 4.87. The molecule has 5 heteroatoms. The van der Waals surface area contributed by atoms with Gasteiger partial charge in [-0.3, -0.25) is 13.9 Å². The Bertz CT molecular complexity index is 1560. The molecule has 160 valence electrons. The van der Waals surface area contributed by atoms with Gasteiger partial charge in [0.25, 0.3) is 5.56 Å². The molecule has 4 nitrogen and oxygen atoms in total. The first kappa shape index (κ1) is 20.5. The highest BCUT2D eigenvalue weighted by molar-refractivity contribution is 7.25. The second kappa shape index (κ2) is 8.24. The van der Waals surface area contributed by atoms with Gasteiger partial charge in [0.15, 0.2) is 0 Å². The predicted molar refractivity (Wildman–Crippen MR) is 133 cm³/mol. The van der Waals surface area contributed by atoms with Gasteiger partial charge in [-0.15, -0.1) is 11.3 Å². The summed E-state index contributed by atoms with van der Waals surface area (Å²) in [4.78, 5) is 27.1. The molecule has 0 bridgehead atoms. The number of nitrogens with zero attached hydrogens (tertiary/aromatic N) is 2. The molecule has 32 heavy (non-hydrogen) atoms. The number of aromatic nitrogens is 2. The van der Waals surface area contributed by atoms with Crippen molar-refractivity contribution in [3.63, 3.8) is 0 Å². The lowest BCUT2D eigenvalue weighted by atomic mass is 10.1. The second-order valence-electron chi connectivity index (χ2n) is 8.27. The monoisotopic (exact) mass is 440 g/mol. The molecule has 2 aromatic heterocycles. The number of rotatable bonds is 5. The highest BCUT2D eigenvalue weighted by Gasteiger charge is 2.19. The minimum atomic E-state index is -0.247. The molecule has 5 rings (SSSR count). The maximum Gasteiger partial charge on any atom is 0.331 e. The zero-order chi connectivity index (χ0) is 22.2. The van der Waals surface area contributed by atoms with Crippen molar-refractivity contribution >= 4 is 31.6 Å². The molecule has 2 heterocycles. The maximum atomic E-state index is 13.7. The number of hydrogen-bond acceptors (Lipinski definition) is 3. The van der Waals surface area contributed by atoms with E-state index >= 15 is 0 Å². The Balaban J connectivity index is 1.73. The Morgan fingerprint density at radius 1 is 0.844 bits per heavy atom. The number of aryl methyl sites for hydroxylation is 3. The van der Waals surface area contributed by atoms with Crippen molar-refractivity contribution in [3.8, 4) is 0 Å². The van der Waals surface area contributed by atoms with Gasteiger partial charge in [0.1, 0.15) is 4.70 Å². The Hall–Kier alpha value is -3.44. The number of thiophene rings is 1. The molecule has 0 aliphatic rings. The van der Waals surface area contributed by atoms with Crippen LogP contribution in [0.25, 0.3) is 20.3 Å². The van der Waals surface area contributed by atoms with Crippen LogP contribution in [0.15, 0.2) is 82.4 Å². The van der Waals surface area contributed by atoms with E-state index in [2.05, 4.69) is 32.0 Å². The van der Waals surface area contributed by atoms with E-state index in [1.807, 2.05) is 54.6 Å². The van der Waals surface area contributed by atoms with Gasteiger partial charge in [-0.25, -0.2) is 4.79 Å². The van der Waals surface area contributed by atoms with E-state index in [9.17, 15) is 9.59 Å². The van der Waals surface area contributed by atoms with Crippen molar-refractivity contribution in [1.82, 2.24) is 9.13 Å². The Morgan fingerprint density at radius 2 is 1.59 bits per heavy atom. The molecule has 0 radical (unpaired) electrons. The van der Waals surface area contributed by atoms with Crippen LogP contribution in [0.1, 0.15) is 22.3 Å². The van der Waals surface area contributed by atoms with Gasteiger partial charge in [-0.1, -0.05) is 72.3 Å². The third-order valence-electron chi connectivity index (χ3n) is 6.04. The normalized spacial score (nSPS) is 11.4. The summed E-state index contributed by atoms with van der Waals surface area (Å²) >= 11 is 1.47. The summed E-state index contributed by atoms with van der Waals surface area (Å²) in [7, 11) is 0. The highest BCUT2D eigenvalue weighted by atomic mass is 32.1. The van der Waals surface area contributed by atoms with E-state index in [1.165, 1.54) is 15.9 Å². The van der Waals surface area contributed by atoms with Gasteiger partial charge in [0, 0.05) is 16.6 Å². The fourth-order valence-corrected chi connectivity index (χ4v) is 5.42. The number of fused-ring (bicyclic) bond motifs is 3. The molecular formula is C27H24N2O2S. The predicted octanol–water partition coefficient (Wildman–Crippen LogP) is 5.29. The van der Waals surface area contributed by atoms with Crippen molar-refractivity contribution < 1.29 is 0 Å². The van der Waals surface area contributed by atoms with Crippen LogP contribution in [0.3, 0.4) is 0 Å². The fourth-order valence-electron chi connectivity index (χ4n) is 4.27. The molecule has 5 aromatic rings. The van der Waals surface area contributed by atoms with Crippen LogP contribution in [0, 0.1) is 13.8 Å². The van der Waals surface area contributed by atoms with Gasteiger partial charge in [0.2, 0.25) is 0 Å². The van der Waals surface area contributed by atoms with E-state index in [-0.39, 0.29) is 11.2 Å². The van der Waals surface area contributed by atoms with Gasteiger partial charge in [0.05, 0.1) is 12.1 Å². The smallest absolute Gasteiger partial charge is 0.287 e. The minimum absolute atomic E-state index is 0.195. The summed E-state index contributed by atoms with van der Waals surface area (Å²) in [5.41, 5.74) is 4.80. The van der Waals surface area contributed by atoms with Crippen LogP contribution in [-0.4, -0.2) is 9.13 Å². The van der Waals surface area contributed by atoms with Crippen LogP contribution < -0.4 is 11.2 Å². The lowest BCUT2D eigenvalue weighted by molar-refractivity contribution is 0.591. The van der Waals surface area contributed by atoms with E-state index < -0.39 is 0 Å². The molecule has 0 N–H and O–H groups in total. The quantitative estimate of drug-likeness (QED) is 0.373. The molecule has 0 atom stereocenters. The first-order chi connectivity index (χ1) is 15.5. The lowest BCUT2D eigenvalue weighted by Gasteiger charge is -2.14. The van der Waals surface area contributed by atoms with Crippen molar-refractivity contribution in [1.29, 1.82) is 0 Å². The minimum Gasteiger partial charge on any atom is -0.287 e. The van der Waals surface area contributed by atoms with Gasteiger partial charge in [-0.2, -0.15) is 0 Å². The van der Waals surface area contributed by atoms with E-state index in [1.54, 1.807) is 4.57 Å². The lowest BCUT2D eigenvalue weighted by Crippen LogP contribution is -2.40. The fraction of sp³-hybridized carbons (Fsp3) is 0.185. The Kier molecular flexibility index (Phi) is 5.27. The average molecular weight is 441 g/mol. The summed E-state index contributed by atoms with van der Waals surface area (Å²) in [5.74, 6) is 0. The SMILES string of the molecule is Cc1ccc(C)c(Cn2c(=O)n(CCc3ccccc3)c(=O)c3sc4ccccc4c32)c1. The molecule has 0 aliphatic carbocycles. The van der Waals surface area contributed by atoms with Crippen LogP contribution in [0.4, 0.5) is 0 Å².